The summed E-state index contributed by atoms with van der Waals surface area (Å²) in [6.07, 6.45) is -0.486. The van der Waals surface area contributed by atoms with Crippen LogP contribution >= 0.6 is 0 Å². The van der Waals surface area contributed by atoms with E-state index in [1.54, 1.807) is 18.2 Å². The number of rotatable bonds is 0. The van der Waals surface area contributed by atoms with Crippen LogP contribution in [0.4, 0.5) is 5.69 Å². The van der Waals surface area contributed by atoms with Crippen LogP contribution in [0.15, 0.2) is 18.2 Å². The Morgan fingerprint density at radius 2 is 2.25 bits per heavy atom. The third-order valence-electron chi connectivity index (χ3n) is 2.15. The molecule has 0 bridgehead atoms. The number of Topliss-reactive ketones (excluding diaryl/α,β-unsaturated/α-hetero) is 1. The molecule has 0 amide bonds. The van der Waals surface area contributed by atoms with Crippen LogP contribution in [0.25, 0.3) is 0 Å². The van der Waals surface area contributed by atoms with Crippen molar-refractivity contribution in [2.24, 2.45) is 0 Å². The SMILES string of the molecule is Nc1cccc2c1C(=O)C[C@@H]2O. The van der Waals surface area contributed by atoms with E-state index in [4.69, 9.17) is 5.73 Å². The molecule has 0 aromatic heterocycles. The number of hydrogen-bond donors (Lipinski definition) is 2. The molecule has 1 aromatic carbocycles. The maximum absolute atomic E-state index is 11.3. The van der Waals surface area contributed by atoms with Gasteiger partial charge < -0.3 is 10.8 Å². The molecular formula is C9H9NO2. The van der Waals surface area contributed by atoms with Crippen molar-refractivity contribution in [3.8, 4) is 0 Å². The molecule has 0 radical (unpaired) electrons. The number of carbonyl (C=O) groups is 1. The Balaban J connectivity index is 2.67. The quantitative estimate of drug-likeness (QED) is 0.558. The highest BCUT2D eigenvalue weighted by Gasteiger charge is 2.28. The fourth-order valence-electron chi connectivity index (χ4n) is 1.58. The summed E-state index contributed by atoms with van der Waals surface area (Å²) >= 11 is 0. The number of fused-ring (bicyclic) bond motifs is 1. The third-order valence-corrected chi connectivity index (χ3v) is 2.15. The van der Waals surface area contributed by atoms with Crippen LogP contribution in [0.1, 0.15) is 28.4 Å². The standard InChI is InChI=1S/C9H9NO2/c10-6-3-1-2-5-7(11)4-8(12)9(5)6/h1-3,7,11H,4,10H2/t7-/m0/s1. The summed E-state index contributed by atoms with van der Waals surface area (Å²) < 4.78 is 0. The molecule has 12 heavy (non-hydrogen) atoms. The van der Waals surface area contributed by atoms with E-state index in [0.717, 1.165) is 0 Å². The summed E-state index contributed by atoms with van der Waals surface area (Å²) in [7, 11) is 0. The minimum Gasteiger partial charge on any atom is -0.398 e. The first-order valence-electron chi connectivity index (χ1n) is 3.80. The molecule has 0 heterocycles. The predicted octanol–water partition coefficient (Wildman–Crippen LogP) is 0.889. The summed E-state index contributed by atoms with van der Waals surface area (Å²) in [5.41, 5.74) is 7.23. The summed E-state index contributed by atoms with van der Waals surface area (Å²) in [6, 6.07) is 5.16. The van der Waals surface area contributed by atoms with Crippen molar-refractivity contribution in [1.82, 2.24) is 0 Å². The molecule has 0 fully saturated rings. The minimum atomic E-state index is -0.656. The lowest BCUT2D eigenvalue weighted by atomic mass is 10.1. The van der Waals surface area contributed by atoms with Gasteiger partial charge in [-0.2, -0.15) is 0 Å². The van der Waals surface area contributed by atoms with Crippen molar-refractivity contribution in [3.63, 3.8) is 0 Å². The first kappa shape index (κ1) is 7.31. The zero-order valence-corrected chi connectivity index (χ0v) is 6.45. The second kappa shape index (κ2) is 2.32. The molecule has 3 heteroatoms. The fourth-order valence-corrected chi connectivity index (χ4v) is 1.58. The lowest BCUT2D eigenvalue weighted by Gasteiger charge is -2.02. The third kappa shape index (κ3) is 0.833. The lowest BCUT2D eigenvalue weighted by Crippen LogP contribution is -1.98. The number of carbonyl (C=O) groups excluding carboxylic acids is 1. The number of aliphatic hydroxyl groups excluding tert-OH is 1. The molecule has 62 valence electrons. The average molecular weight is 163 g/mol. The number of aliphatic hydroxyl groups is 1. The van der Waals surface area contributed by atoms with E-state index in [1.165, 1.54) is 0 Å². The van der Waals surface area contributed by atoms with Crippen LogP contribution in [0, 0.1) is 0 Å². The van der Waals surface area contributed by atoms with Crippen molar-refractivity contribution in [2.75, 3.05) is 5.73 Å². The molecule has 0 aliphatic heterocycles. The van der Waals surface area contributed by atoms with Crippen molar-refractivity contribution in [3.05, 3.63) is 29.3 Å². The summed E-state index contributed by atoms with van der Waals surface area (Å²) in [5, 5.41) is 9.40. The van der Waals surface area contributed by atoms with Gasteiger partial charge in [0.25, 0.3) is 0 Å². The van der Waals surface area contributed by atoms with Gasteiger partial charge in [-0.3, -0.25) is 4.79 Å². The van der Waals surface area contributed by atoms with Gasteiger partial charge in [0.2, 0.25) is 0 Å². The number of nitrogen functional groups attached to an aromatic ring is 1. The molecular weight excluding hydrogens is 154 g/mol. The van der Waals surface area contributed by atoms with E-state index in [9.17, 15) is 9.90 Å². The zero-order chi connectivity index (χ0) is 8.72. The van der Waals surface area contributed by atoms with Crippen molar-refractivity contribution in [2.45, 2.75) is 12.5 Å². The van der Waals surface area contributed by atoms with Crippen LogP contribution in [-0.2, 0) is 0 Å². The molecule has 0 saturated heterocycles. The fraction of sp³-hybridized carbons (Fsp3) is 0.222. The minimum absolute atomic E-state index is 0.0596. The molecule has 0 spiro atoms. The van der Waals surface area contributed by atoms with Crippen LogP contribution in [0.3, 0.4) is 0 Å². The molecule has 2 rings (SSSR count). The van der Waals surface area contributed by atoms with Crippen LogP contribution in [-0.4, -0.2) is 10.9 Å². The molecule has 0 unspecified atom stereocenters. The monoisotopic (exact) mass is 163 g/mol. The van der Waals surface area contributed by atoms with E-state index >= 15 is 0 Å². The Hall–Kier alpha value is -1.35. The van der Waals surface area contributed by atoms with E-state index in [0.29, 0.717) is 16.8 Å². The van der Waals surface area contributed by atoms with E-state index in [2.05, 4.69) is 0 Å². The van der Waals surface area contributed by atoms with Crippen molar-refractivity contribution in [1.29, 1.82) is 0 Å². The van der Waals surface area contributed by atoms with Gasteiger partial charge in [0.05, 0.1) is 6.10 Å². The first-order chi connectivity index (χ1) is 5.70. The molecule has 3 nitrogen and oxygen atoms in total. The van der Waals surface area contributed by atoms with Gasteiger partial charge in [-0.1, -0.05) is 12.1 Å². The van der Waals surface area contributed by atoms with Crippen LogP contribution in [0.2, 0.25) is 0 Å². The van der Waals surface area contributed by atoms with Crippen molar-refractivity contribution < 1.29 is 9.90 Å². The topological polar surface area (TPSA) is 63.3 Å². The summed E-state index contributed by atoms with van der Waals surface area (Å²) in [4.78, 5) is 11.3. The summed E-state index contributed by atoms with van der Waals surface area (Å²) in [6.45, 7) is 0. The Bertz CT molecular complexity index is 346. The number of benzene rings is 1. The Morgan fingerprint density at radius 1 is 1.50 bits per heavy atom. The van der Waals surface area contributed by atoms with Gasteiger partial charge in [0.15, 0.2) is 5.78 Å². The van der Waals surface area contributed by atoms with Gasteiger partial charge in [-0.05, 0) is 11.6 Å². The van der Waals surface area contributed by atoms with Crippen LogP contribution in [0.5, 0.6) is 0 Å². The van der Waals surface area contributed by atoms with Gasteiger partial charge in [-0.15, -0.1) is 0 Å². The van der Waals surface area contributed by atoms with Gasteiger partial charge in [0, 0.05) is 17.7 Å². The largest absolute Gasteiger partial charge is 0.398 e. The number of anilines is 1. The van der Waals surface area contributed by atoms with E-state index in [1.807, 2.05) is 0 Å². The number of hydrogen-bond acceptors (Lipinski definition) is 3. The molecule has 3 N–H and O–H groups in total. The Morgan fingerprint density at radius 3 is 2.92 bits per heavy atom. The maximum atomic E-state index is 11.3. The molecule has 1 aliphatic carbocycles. The molecule has 1 atom stereocenters. The van der Waals surface area contributed by atoms with Crippen LogP contribution < -0.4 is 5.73 Å². The van der Waals surface area contributed by atoms with Gasteiger partial charge in [-0.25, -0.2) is 0 Å². The molecule has 1 aromatic rings. The highest BCUT2D eigenvalue weighted by atomic mass is 16.3. The second-order valence-corrected chi connectivity index (χ2v) is 2.95. The number of ketones is 1. The normalized spacial score (nSPS) is 21.1. The molecule has 1 aliphatic rings. The number of nitrogens with two attached hydrogens (primary N) is 1. The highest BCUT2D eigenvalue weighted by Crippen LogP contribution is 2.33. The Kier molecular flexibility index (Phi) is 1.41. The van der Waals surface area contributed by atoms with Gasteiger partial charge in [0.1, 0.15) is 0 Å². The maximum Gasteiger partial charge on any atom is 0.168 e. The van der Waals surface area contributed by atoms with Crippen molar-refractivity contribution >= 4 is 11.5 Å². The smallest absolute Gasteiger partial charge is 0.168 e. The van der Waals surface area contributed by atoms with E-state index < -0.39 is 6.10 Å². The Labute approximate surface area is 69.8 Å². The second-order valence-electron chi connectivity index (χ2n) is 2.95. The highest BCUT2D eigenvalue weighted by molar-refractivity contribution is 6.05. The first-order valence-corrected chi connectivity index (χ1v) is 3.80. The average Bonchev–Trinajstić information content (AvgIpc) is 2.29. The lowest BCUT2D eigenvalue weighted by molar-refractivity contribution is 0.0930. The molecule has 0 saturated carbocycles. The van der Waals surface area contributed by atoms with Gasteiger partial charge >= 0.3 is 0 Å². The van der Waals surface area contributed by atoms with E-state index in [-0.39, 0.29) is 12.2 Å². The summed E-state index contributed by atoms with van der Waals surface area (Å²) in [5.74, 6) is -0.0596. The zero-order valence-electron chi connectivity index (χ0n) is 6.45. The predicted molar refractivity (Wildman–Crippen MR) is 44.8 cm³/mol.